The number of sulfonamides is 1. The first-order valence-electron chi connectivity index (χ1n) is 5.28. The Bertz CT molecular complexity index is 752. The molecule has 0 fully saturated rings. The maximum atomic E-state index is 12.1. The normalized spacial score (nSPS) is 11.3. The fraction of sp³-hybridized carbons (Fsp3) is 0.0909. The van der Waals surface area contributed by atoms with E-state index >= 15 is 0 Å². The van der Waals surface area contributed by atoms with Crippen LogP contribution >= 0.6 is 15.9 Å². The first-order chi connectivity index (χ1) is 9.29. The summed E-state index contributed by atoms with van der Waals surface area (Å²) in [6.45, 7) is 1.37. The largest absolute Gasteiger partial charge is 0.475 e. The molecule has 2 aromatic rings. The van der Waals surface area contributed by atoms with Crippen LogP contribution < -0.4 is 4.72 Å². The number of anilines is 1. The number of aryl methyl sites for hydroxylation is 1. The van der Waals surface area contributed by atoms with Gasteiger partial charge in [0.2, 0.25) is 5.76 Å². The molecule has 7 nitrogen and oxygen atoms in total. The number of carboxylic acid groups (broad SMARTS) is 1. The standard InChI is InChI=1S/C11H9BrN2O5S/c1-6-9(4-8(19-6)11(15)16)20(17,18)14-10-3-2-7(12)5-13-10/h2-5H,1H3,(H,13,14)(H,15,16). The van der Waals surface area contributed by atoms with Crippen LogP contribution in [-0.4, -0.2) is 24.5 Å². The number of nitrogens with zero attached hydrogens (tertiary/aromatic N) is 1. The van der Waals surface area contributed by atoms with E-state index < -0.39 is 21.8 Å². The number of rotatable bonds is 4. The van der Waals surface area contributed by atoms with Crippen molar-refractivity contribution in [3.63, 3.8) is 0 Å². The Balaban J connectivity index is 2.35. The van der Waals surface area contributed by atoms with Gasteiger partial charge in [-0.2, -0.15) is 0 Å². The van der Waals surface area contributed by atoms with E-state index in [9.17, 15) is 13.2 Å². The molecule has 0 aliphatic heterocycles. The molecule has 0 bridgehead atoms. The number of nitrogens with one attached hydrogen (secondary N) is 1. The van der Waals surface area contributed by atoms with Crippen LogP contribution in [0, 0.1) is 6.92 Å². The zero-order valence-corrected chi connectivity index (χ0v) is 12.5. The lowest BCUT2D eigenvalue weighted by Gasteiger charge is -2.05. The molecule has 106 valence electrons. The van der Waals surface area contributed by atoms with Gasteiger partial charge in [0, 0.05) is 16.7 Å². The molecular weight excluding hydrogens is 352 g/mol. The van der Waals surface area contributed by atoms with E-state index in [0.29, 0.717) is 4.47 Å². The molecule has 0 aliphatic rings. The molecule has 2 rings (SSSR count). The Morgan fingerprint density at radius 1 is 1.45 bits per heavy atom. The van der Waals surface area contributed by atoms with Gasteiger partial charge in [-0.3, -0.25) is 4.72 Å². The molecule has 0 unspecified atom stereocenters. The molecule has 0 aliphatic carbocycles. The van der Waals surface area contributed by atoms with Crippen LogP contribution in [0.15, 0.2) is 38.2 Å². The summed E-state index contributed by atoms with van der Waals surface area (Å²) in [7, 11) is -3.95. The molecule has 2 aromatic heterocycles. The van der Waals surface area contributed by atoms with Gasteiger partial charge in [-0.15, -0.1) is 0 Å². The molecular formula is C11H9BrN2O5S. The number of carbonyl (C=O) groups is 1. The highest BCUT2D eigenvalue weighted by Crippen LogP contribution is 2.22. The number of hydrogen-bond donors (Lipinski definition) is 2. The number of carboxylic acids is 1. The van der Waals surface area contributed by atoms with Crippen LogP contribution in [-0.2, 0) is 10.0 Å². The van der Waals surface area contributed by atoms with Crippen molar-refractivity contribution in [2.24, 2.45) is 0 Å². The fourth-order valence-electron chi connectivity index (χ4n) is 1.47. The monoisotopic (exact) mass is 360 g/mol. The maximum absolute atomic E-state index is 12.1. The zero-order valence-electron chi connectivity index (χ0n) is 10.1. The average molecular weight is 361 g/mol. The summed E-state index contributed by atoms with van der Waals surface area (Å²) in [4.78, 5) is 14.4. The molecule has 0 aromatic carbocycles. The van der Waals surface area contributed by atoms with E-state index in [4.69, 9.17) is 9.52 Å². The van der Waals surface area contributed by atoms with Crippen molar-refractivity contribution >= 4 is 37.7 Å². The van der Waals surface area contributed by atoms with Crippen LogP contribution in [0.2, 0.25) is 0 Å². The van der Waals surface area contributed by atoms with Crippen LogP contribution in [0.3, 0.4) is 0 Å². The summed E-state index contributed by atoms with van der Waals surface area (Å²) in [6, 6.07) is 4.05. The summed E-state index contributed by atoms with van der Waals surface area (Å²) >= 11 is 3.18. The predicted octanol–water partition coefficient (Wildman–Crippen LogP) is 2.24. The SMILES string of the molecule is Cc1oc(C(=O)O)cc1S(=O)(=O)Nc1ccc(Br)cn1. The van der Waals surface area contributed by atoms with Crippen LogP contribution in [0.5, 0.6) is 0 Å². The number of hydrogen-bond acceptors (Lipinski definition) is 5. The summed E-state index contributed by atoms with van der Waals surface area (Å²) in [5, 5.41) is 8.78. The van der Waals surface area contributed by atoms with E-state index in [1.807, 2.05) is 0 Å². The van der Waals surface area contributed by atoms with Crippen LogP contribution in [0.1, 0.15) is 16.3 Å². The lowest BCUT2D eigenvalue weighted by molar-refractivity contribution is 0.0661. The lowest BCUT2D eigenvalue weighted by Crippen LogP contribution is -2.14. The van der Waals surface area contributed by atoms with Crippen LogP contribution in [0.4, 0.5) is 5.82 Å². The number of halogens is 1. The summed E-state index contributed by atoms with van der Waals surface area (Å²) in [5.41, 5.74) is 0. The third kappa shape index (κ3) is 2.99. The smallest absolute Gasteiger partial charge is 0.371 e. The first kappa shape index (κ1) is 14.5. The predicted molar refractivity (Wildman–Crippen MR) is 73.1 cm³/mol. The van der Waals surface area contributed by atoms with E-state index in [1.165, 1.54) is 19.2 Å². The van der Waals surface area contributed by atoms with Crippen molar-refractivity contribution in [1.29, 1.82) is 0 Å². The van der Waals surface area contributed by atoms with E-state index in [0.717, 1.165) is 6.07 Å². The second kappa shape index (κ2) is 5.25. The van der Waals surface area contributed by atoms with Gasteiger partial charge in [-0.05, 0) is 35.0 Å². The second-order valence-corrected chi connectivity index (χ2v) is 6.37. The van der Waals surface area contributed by atoms with E-state index in [1.54, 1.807) is 6.07 Å². The van der Waals surface area contributed by atoms with Crippen molar-refractivity contribution in [2.45, 2.75) is 11.8 Å². The molecule has 2 N–H and O–H groups in total. The lowest BCUT2D eigenvalue weighted by atomic mass is 10.4. The van der Waals surface area contributed by atoms with Crippen LogP contribution in [0.25, 0.3) is 0 Å². The number of pyridine rings is 1. The first-order valence-corrected chi connectivity index (χ1v) is 7.55. The summed E-state index contributed by atoms with van der Waals surface area (Å²) in [5.74, 6) is -1.67. The molecule has 0 amide bonds. The Hall–Kier alpha value is -1.87. The molecule has 0 saturated heterocycles. The second-order valence-electron chi connectivity index (χ2n) is 3.80. The fourth-order valence-corrected chi connectivity index (χ4v) is 2.89. The molecule has 2 heterocycles. The van der Waals surface area contributed by atoms with Gasteiger partial charge in [0.1, 0.15) is 16.5 Å². The van der Waals surface area contributed by atoms with Crippen molar-refractivity contribution in [3.05, 3.63) is 40.4 Å². The Labute approximate surface area is 122 Å². The van der Waals surface area contributed by atoms with Gasteiger partial charge in [-0.1, -0.05) is 0 Å². The van der Waals surface area contributed by atoms with E-state index in [-0.39, 0.29) is 16.5 Å². The minimum atomic E-state index is -3.95. The molecule has 0 saturated carbocycles. The van der Waals surface area contributed by atoms with Crippen molar-refractivity contribution in [2.75, 3.05) is 4.72 Å². The number of furan rings is 1. The Morgan fingerprint density at radius 3 is 2.65 bits per heavy atom. The Morgan fingerprint density at radius 2 is 2.15 bits per heavy atom. The third-order valence-corrected chi connectivity index (χ3v) is 4.27. The Kier molecular flexibility index (Phi) is 3.82. The van der Waals surface area contributed by atoms with E-state index in [2.05, 4.69) is 25.6 Å². The van der Waals surface area contributed by atoms with Crippen molar-refractivity contribution in [3.8, 4) is 0 Å². The zero-order chi connectivity index (χ0) is 14.9. The van der Waals surface area contributed by atoms with Crippen molar-refractivity contribution < 1.29 is 22.7 Å². The average Bonchev–Trinajstić information content (AvgIpc) is 2.75. The molecule has 0 atom stereocenters. The number of aromatic carboxylic acids is 1. The number of aromatic nitrogens is 1. The highest BCUT2D eigenvalue weighted by molar-refractivity contribution is 9.10. The molecule has 20 heavy (non-hydrogen) atoms. The summed E-state index contributed by atoms with van der Waals surface area (Å²) < 4.78 is 32.1. The quantitative estimate of drug-likeness (QED) is 0.864. The van der Waals surface area contributed by atoms with Gasteiger partial charge in [0.15, 0.2) is 0 Å². The van der Waals surface area contributed by atoms with Gasteiger partial charge in [0.05, 0.1) is 0 Å². The minimum Gasteiger partial charge on any atom is -0.475 e. The molecule has 9 heteroatoms. The third-order valence-electron chi connectivity index (χ3n) is 2.34. The highest BCUT2D eigenvalue weighted by atomic mass is 79.9. The highest BCUT2D eigenvalue weighted by Gasteiger charge is 2.24. The van der Waals surface area contributed by atoms with Crippen molar-refractivity contribution in [1.82, 2.24) is 4.98 Å². The van der Waals surface area contributed by atoms with Gasteiger partial charge >= 0.3 is 5.97 Å². The maximum Gasteiger partial charge on any atom is 0.371 e. The topological polar surface area (TPSA) is 109 Å². The molecule has 0 radical (unpaired) electrons. The molecule has 0 spiro atoms. The minimum absolute atomic E-state index is 0.00740. The summed E-state index contributed by atoms with van der Waals surface area (Å²) in [6.07, 6.45) is 1.43. The van der Waals surface area contributed by atoms with Gasteiger partial charge in [-0.25, -0.2) is 18.2 Å². The van der Waals surface area contributed by atoms with Gasteiger partial charge < -0.3 is 9.52 Å². The van der Waals surface area contributed by atoms with Gasteiger partial charge in [0.25, 0.3) is 10.0 Å².